The van der Waals surface area contributed by atoms with Crippen molar-refractivity contribution in [1.29, 1.82) is 0 Å². The predicted octanol–water partition coefficient (Wildman–Crippen LogP) is 2.99. The molecular formula is C15H23NO2. The number of ether oxygens (including phenoxy) is 1. The zero-order valence-electron chi connectivity index (χ0n) is 11.9. The highest BCUT2D eigenvalue weighted by Gasteiger charge is 2.17. The Kier molecular flexibility index (Phi) is 4.91. The number of hydrogen-bond donors (Lipinski definition) is 1. The zero-order chi connectivity index (χ0) is 13.8. The molecule has 0 amide bonds. The average Bonchev–Trinajstić information content (AvgIpc) is 2.24. The highest BCUT2D eigenvalue weighted by molar-refractivity contribution is 5.72. The maximum absolute atomic E-state index is 11.6. The SMILES string of the molecule is Cc1ccccc1C(C)NCC(=O)OC(C)(C)C. The van der Waals surface area contributed by atoms with Crippen molar-refractivity contribution in [2.45, 2.75) is 46.3 Å². The Morgan fingerprint density at radius 1 is 1.33 bits per heavy atom. The summed E-state index contributed by atoms with van der Waals surface area (Å²) in [4.78, 5) is 11.6. The van der Waals surface area contributed by atoms with Crippen LogP contribution in [-0.4, -0.2) is 18.1 Å². The van der Waals surface area contributed by atoms with Crippen molar-refractivity contribution in [3.63, 3.8) is 0 Å². The summed E-state index contributed by atoms with van der Waals surface area (Å²) in [5.74, 6) is -0.220. The lowest BCUT2D eigenvalue weighted by molar-refractivity contribution is -0.153. The van der Waals surface area contributed by atoms with Gasteiger partial charge in [-0.1, -0.05) is 24.3 Å². The molecule has 3 nitrogen and oxygen atoms in total. The summed E-state index contributed by atoms with van der Waals surface area (Å²) in [7, 11) is 0. The monoisotopic (exact) mass is 249 g/mol. The molecule has 0 aliphatic heterocycles. The van der Waals surface area contributed by atoms with E-state index in [0.717, 1.165) is 0 Å². The highest BCUT2D eigenvalue weighted by atomic mass is 16.6. The number of aryl methyl sites for hydroxylation is 1. The normalized spacial score (nSPS) is 13.2. The molecule has 18 heavy (non-hydrogen) atoms. The van der Waals surface area contributed by atoms with Gasteiger partial charge in [-0.05, 0) is 45.7 Å². The first-order valence-electron chi connectivity index (χ1n) is 6.30. The molecule has 0 aliphatic carbocycles. The van der Waals surface area contributed by atoms with Crippen LogP contribution >= 0.6 is 0 Å². The average molecular weight is 249 g/mol. The summed E-state index contributed by atoms with van der Waals surface area (Å²) < 4.78 is 5.25. The molecule has 1 rings (SSSR count). The number of nitrogens with one attached hydrogen (secondary N) is 1. The first kappa shape index (κ1) is 14.7. The third kappa shape index (κ3) is 4.88. The van der Waals surface area contributed by atoms with E-state index in [1.54, 1.807) is 0 Å². The molecule has 100 valence electrons. The van der Waals surface area contributed by atoms with Gasteiger partial charge in [0.25, 0.3) is 0 Å². The van der Waals surface area contributed by atoms with E-state index in [9.17, 15) is 4.79 Å². The van der Waals surface area contributed by atoms with Crippen LogP contribution in [0.3, 0.4) is 0 Å². The minimum absolute atomic E-state index is 0.138. The van der Waals surface area contributed by atoms with Crippen LogP contribution in [0.5, 0.6) is 0 Å². The summed E-state index contributed by atoms with van der Waals surface area (Å²) >= 11 is 0. The molecule has 0 heterocycles. The molecule has 3 heteroatoms. The number of rotatable bonds is 4. The molecule has 0 saturated heterocycles. The molecule has 1 aromatic rings. The van der Waals surface area contributed by atoms with E-state index in [0.29, 0.717) is 0 Å². The summed E-state index contributed by atoms with van der Waals surface area (Å²) in [6.07, 6.45) is 0. The van der Waals surface area contributed by atoms with Crippen LogP contribution in [0.25, 0.3) is 0 Å². The Morgan fingerprint density at radius 2 is 1.94 bits per heavy atom. The molecule has 1 aromatic carbocycles. The maximum Gasteiger partial charge on any atom is 0.320 e. The van der Waals surface area contributed by atoms with Crippen LogP contribution in [0.1, 0.15) is 44.9 Å². The van der Waals surface area contributed by atoms with Gasteiger partial charge in [0.2, 0.25) is 0 Å². The number of carbonyl (C=O) groups excluding carboxylic acids is 1. The van der Waals surface area contributed by atoms with Crippen molar-refractivity contribution in [3.8, 4) is 0 Å². The van der Waals surface area contributed by atoms with Gasteiger partial charge in [0.05, 0.1) is 6.54 Å². The molecule has 0 aromatic heterocycles. The molecule has 0 aliphatic rings. The topological polar surface area (TPSA) is 38.3 Å². The van der Waals surface area contributed by atoms with Gasteiger partial charge in [-0.3, -0.25) is 4.79 Å². The van der Waals surface area contributed by atoms with Gasteiger partial charge in [-0.15, -0.1) is 0 Å². The van der Waals surface area contributed by atoms with Gasteiger partial charge in [0, 0.05) is 6.04 Å². The number of esters is 1. The van der Waals surface area contributed by atoms with Gasteiger partial charge in [0.15, 0.2) is 0 Å². The minimum Gasteiger partial charge on any atom is -0.459 e. The Bertz CT molecular complexity index is 407. The fraction of sp³-hybridized carbons (Fsp3) is 0.533. The van der Waals surface area contributed by atoms with E-state index < -0.39 is 5.60 Å². The fourth-order valence-electron chi connectivity index (χ4n) is 1.80. The Morgan fingerprint density at radius 3 is 2.50 bits per heavy atom. The summed E-state index contributed by atoms with van der Waals surface area (Å²) in [6.45, 7) is 9.96. The Balaban J connectivity index is 2.49. The third-order valence-corrected chi connectivity index (χ3v) is 2.63. The maximum atomic E-state index is 11.6. The number of hydrogen-bond acceptors (Lipinski definition) is 3. The molecule has 1 N–H and O–H groups in total. The van der Waals surface area contributed by atoms with E-state index in [4.69, 9.17) is 4.74 Å². The van der Waals surface area contributed by atoms with Crippen molar-refractivity contribution in [3.05, 3.63) is 35.4 Å². The first-order chi connectivity index (χ1) is 8.29. The van der Waals surface area contributed by atoms with Gasteiger partial charge in [-0.2, -0.15) is 0 Å². The lowest BCUT2D eigenvalue weighted by Gasteiger charge is -2.21. The van der Waals surface area contributed by atoms with Crippen LogP contribution in [0, 0.1) is 6.92 Å². The van der Waals surface area contributed by atoms with Crippen LogP contribution in [0.2, 0.25) is 0 Å². The van der Waals surface area contributed by atoms with Crippen LogP contribution in [0.15, 0.2) is 24.3 Å². The van der Waals surface area contributed by atoms with Crippen molar-refractivity contribution in [2.24, 2.45) is 0 Å². The first-order valence-corrected chi connectivity index (χ1v) is 6.30. The summed E-state index contributed by atoms with van der Waals surface area (Å²) in [5.41, 5.74) is 2.01. The van der Waals surface area contributed by atoms with Crippen molar-refractivity contribution in [2.75, 3.05) is 6.54 Å². The van der Waals surface area contributed by atoms with E-state index in [-0.39, 0.29) is 18.6 Å². The van der Waals surface area contributed by atoms with E-state index in [1.807, 2.05) is 39.8 Å². The molecule has 0 saturated carbocycles. The van der Waals surface area contributed by atoms with Gasteiger partial charge in [-0.25, -0.2) is 0 Å². The Hall–Kier alpha value is -1.35. The van der Waals surface area contributed by atoms with E-state index in [1.165, 1.54) is 11.1 Å². The van der Waals surface area contributed by atoms with Crippen LogP contribution < -0.4 is 5.32 Å². The zero-order valence-corrected chi connectivity index (χ0v) is 11.9. The van der Waals surface area contributed by atoms with Gasteiger partial charge in [0.1, 0.15) is 5.60 Å². The highest BCUT2D eigenvalue weighted by Crippen LogP contribution is 2.16. The van der Waals surface area contributed by atoms with Crippen LogP contribution in [0.4, 0.5) is 0 Å². The molecular weight excluding hydrogens is 226 g/mol. The van der Waals surface area contributed by atoms with Crippen molar-refractivity contribution >= 4 is 5.97 Å². The summed E-state index contributed by atoms with van der Waals surface area (Å²) in [6, 6.07) is 8.30. The lowest BCUT2D eigenvalue weighted by Crippen LogP contribution is -2.32. The lowest BCUT2D eigenvalue weighted by atomic mass is 10.0. The predicted molar refractivity (Wildman–Crippen MR) is 73.4 cm³/mol. The Labute approximate surface area is 110 Å². The molecule has 0 radical (unpaired) electrons. The van der Waals surface area contributed by atoms with Gasteiger partial charge >= 0.3 is 5.97 Å². The molecule has 1 atom stereocenters. The van der Waals surface area contributed by atoms with E-state index >= 15 is 0 Å². The second-order valence-corrected chi connectivity index (χ2v) is 5.55. The van der Waals surface area contributed by atoms with Gasteiger partial charge < -0.3 is 10.1 Å². The molecule has 0 spiro atoms. The fourth-order valence-corrected chi connectivity index (χ4v) is 1.80. The second-order valence-electron chi connectivity index (χ2n) is 5.55. The smallest absolute Gasteiger partial charge is 0.320 e. The second kappa shape index (κ2) is 6.01. The molecule has 1 unspecified atom stereocenters. The van der Waals surface area contributed by atoms with E-state index in [2.05, 4.69) is 24.4 Å². The largest absolute Gasteiger partial charge is 0.459 e. The third-order valence-electron chi connectivity index (χ3n) is 2.63. The quantitative estimate of drug-likeness (QED) is 0.834. The number of benzene rings is 1. The standard InChI is InChI=1S/C15H23NO2/c1-11-8-6-7-9-13(11)12(2)16-10-14(17)18-15(3,4)5/h6-9,12,16H,10H2,1-5H3. The van der Waals surface area contributed by atoms with Crippen molar-refractivity contribution in [1.82, 2.24) is 5.32 Å². The summed E-state index contributed by atoms with van der Waals surface area (Å²) in [5, 5.41) is 3.19. The van der Waals surface area contributed by atoms with Crippen LogP contribution in [-0.2, 0) is 9.53 Å². The number of carbonyl (C=O) groups is 1. The molecule has 0 fully saturated rings. The van der Waals surface area contributed by atoms with Crippen molar-refractivity contribution < 1.29 is 9.53 Å². The molecule has 0 bridgehead atoms. The minimum atomic E-state index is -0.426.